The Morgan fingerprint density at radius 1 is 1.07 bits per heavy atom. The molecule has 3 N–H and O–H groups in total. The van der Waals surface area contributed by atoms with Crippen molar-refractivity contribution in [3.8, 4) is 11.5 Å². The van der Waals surface area contributed by atoms with E-state index in [1.165, 1.54) is 13.2 Å². The number of methoxy groups -OCH3 is 1. The van der Waals surface area contributed by atoms with Crippen molar-refractivity contribution >= 4 is 29.0 Å². The second-order valence-corrected chi connectivity index (χ2v) is 11.9. The highest BCUT2D eigenvalue weighted by atomic mass is 16.8. The first-order valence-corrected chi connectivity index (χ1v) is 14.0. The molecular formula is C33H39N3O5. The molecule has 0 aromatic heterocycles. The minimum absolute atomic E-state index is 0.0413. The lowest BCUT2D eigenvalue weighted by Gasteiger charge is -2.47. The number of fused-ring (bicyclic) bond motifs is 2. The zero-order chi connectivity index (χ0) is 29.7. The van der Waals surface area contributed by atoms with E-state index in [2.05, 4.69) is 71.1 Å². The van der Waals surface area contributed by atoms with Gasteiger partial charge in [-0.05, 0) is 60.6 Å². The van der Waals surface area contributed by atoms with Crippen LogP contribution < -0.4 is 24.9 Å². The summed E-state index contributed by atoms with van der Waals surface area (Å²) in [5.74, 6) is 1.10. The van der Waals surface area contributed by atoms with Crippen molar-refractivity contribution in [2.24, 2.45) is 0 Å². The van der Waals surface area contributed by atoms with Crippen molar-refractivity contribution in [1.29, 1.82) is 0 Å². The molecule has 2 unspecified atom stereocenters. The lowest BCUT2D eigenvalue weighted by Crippen LogP contribution is -2.99. The molecule has 3 aromatic carbocycles. The van der Waals surface area contributed by atoms with Crippen LogP contribution in [0.3, 0.4) is 0 Å². The topological polar surface area (TPSA) is 98.5 Å². The second-order valence-electron chi connectivity index (χ2n) is 11.9. The molecule has 2 aliphatic heterocycles. The van der Waals surface area contributed by atoms with Crippen molar-refractivity contribution in [2.45, 2.75) is 64.5 Å². The molecule has 1 amide bonds. The number of nitrogens with one attached hydrogen (secondary N) is 2. The molecule has 5 rings (SSSR count). The van der Waals surface area contributed by atoms with Gasteiger partial charge in [-0.25, -0.2) is 5.21 Å². The number of amides is 1. The van der Waals surface area contributed by atoms with E-state index in [4.69, 9.17) is 9.47 Å². The number of rotatable bonds is 7. The Labute approximate surface area is 241 Å². The van der Waals surface area contributed by atoms with Gasteiger partial charge in [-0.2, -0.15) is 5.23 Å². The molecule has 8 nitrogen and oxygen atoms in total. The van der Waals surface area contributed by atoms with Crippen LogP contribution in [0.2, 0.25) is 0 Å². The molecule has 1 spiro atoms. The highest BCUT2D eigenvalue weighted by Crippen LogP contribution is 2.56. The van der Waals surface area contributed by atoms with Gasteiger partial charge in [0.1, 0.15) is 6.54 Å². The van der Waals surface area contributed by atoms with Gasteiger partial charge in [0, 0.05) is 29.1 Å². The van der Waals surface area contributed by atoms with Crippen molar-refractivity contribution in [3.63, 3.8) is 0 Å². The normalized spacial score (nSPS) is 19.2. The van der Waals surface area contributed by atoms with E-state index >= 15 is 0 Å². The van der Waals surface area contributed by atoms with Crippen LogP contribution in [-0.2, 0) is 10.2 Å². The predicted octanol–water partition coefficient (Wildman–Crippen LogP) is 5.88. The fourth-order valence-corrected chi connectivity index (χ4v) is 6.17. The molecule has 0 radical (unpaired) electrons. The molecule has 0 saturated heterocycles. The van der Waals surface area contributed by atoms with Gasteiger partial charge in [-0.3, -0.25) is 4.79 Å². The van der Waals surface area contributed by atoms with Gasteiger partial charge in [0.15, 0.2) is 17.2 Å². The van der Waals surface area contributed by atoms with E-state index in [1.54, 1.807) is 6.07 Å². The number of quaternary nitrogens is 1. The quantitative estimate of drug-likeness (QED) is 0.314. The van der Waals surface area contributed by atoms with Gasteiger partial charge < -0.3 is 24.9 Å². The van der Waals surface area contributed by atoms with Crippen LogP contribution in [0.5, 0.6) is 11.5 Å². The summed E-state index contributed by atoms with van der Waals surface area (Å²) in [4.78, 5) is 15.9. The Hall–Kier alpha value is -3.85. The lowest BCUT2D eigenvalue weighted by atomic mass is 9.76. The Morgan fingerprint density at radius 2 is 1.73 bits per heavy atom. The molecular weight excluding hydrogens is 518 g/mol. The number of ether oxygens (including phenoxy) is 2. The third-order valence-electron chi connectivity index (χ3n) is 8.40. The van der Waals surface area contributed by atoms with Gasteiger partial charge in [-0.1, -0.05) is 64.1 Å². The number of hydrogen-bond acceptors (Lipinski definition) is 6. The smallest absolute Gasteiger partial charge is 0.244 e. The fraction of sp³-hybridized carbons (Fsp3) is 0.364. The summed E-state index contributed by atoms with van der Waals surface area (Å²) in [5.41, 5.74) is 4.10. The molecule has 2 heterocycles. The number of para-hydroxylation sites is 2. The van der Waals surface area contributed by atoms with Gasteiger partial charge in [0.25, 0.3) is 0 Å². The van der Waals surface area contributed by atoms with Crippen LogP contribution in [0.25, 0.3) is 6.08 Å². The van der Waals surface area contributed by atoms with Crippen molar-refractivity contribution in [3.05, 3.63) is 88.1 Å². The number of nitrogens with zero attached hydrogens (tertiary/aromatic N) is 1. The molecule has 0 bridgehead atoms. The number of carbonyl (C=O) groups excluding carboxylic acids is 1. The summed E-state index contributed by atoms with van der Waals surface area (Å²) >= 11 is 0. The van der Waals surface area contributed by atoms with Gasteiger partial charge in [-0.15, -0.1) is 0 Å². The average molecular weight is 558 g/mol. The summed E-state index contributed by atoms with van der Waals surface area (Å²) in [6, 6.07) is 17.3. The second kappa shape index (κ2) is 10.5. The molecule has 0 aliphatic carbocycles. The summed E-state index contributed by atoms with van der Waals surface area (Å²) < 4.78 is 12.5. The first-order chi connectivity index (χ1) is 19.4. The predicted molar refractivity (Wildman–Crippen MR) is 161 cm³/mol. The number of benzene rings is 3. The highest BCUT2D eigenvalue weighted by molar-refractivity contribution is 5.97. The largest absolute Gasteiger partial charge is 0.595 e. The van der Waals surface area contributed by atoms with Crippen LogP contribution in [-0.4, -0.2) is 30.5 Å². The Morgan fingerprint density at radius 3 is 2.34 bits per heavy atom. The van der Waals surface area contributed by atoms with Gasteiger partial charge >= 0.3 is 0 Å². The minimum atomic E-state index is -1.07. The van der Waals surface area contributed by atoms with E-state index < -0.39 is 16.4 Å². The molecule has 2 atom stereocenters. The fourth-order valence-electron chi connectivity index (χ4n) is 6.17. The SMILES string of the molecule is COc1cc([NH+]([O-])O)cc2c1OC1(C=C2)N(CC(=O)Nc2c(C(C)C)cccc2C(C)C)c2ccccc2C1(C)C. The third-order valence-corrected chi connectivity index (χ3v) is 8.40. The summed E-state index contributed by atoms with van der Waals surface area (Å²) in [6.45, 7) is 12.8. The first kappa shape index (κ1) is 28.7. The molecule has 0 fully saturated rings. The third kappa shape index (κ3) is 4.66. The maximum Gasteiger partial charge on any atom is 0.244 e. The van der Waals surface area contributed by atoms with Crippen LogP contribution in [0.15, 0.2) is 60.7 Å². The Kier molecular flexibility index (Phi) is 7.36. The van der Waals surface area contributed by atoms with E-state index in [0.29, 0.717) is 17.1 Å². The Bertz CT molecular complexity index is 1480. The van der Waals surface area contributed by atoms with Crippen molar-refractivity contribution in [2.75, 3.05) is 23.9 Å². The zero-order valence-electron chi connectivity index (χ0n) is 24.7. The van der Waals surface area contributed by atoms with Crippen LogP contribution in [0.4, 0.5) is 17.1 Å². The average Bonchev–Trinajstić information content (AvgIpc) is 3.10. The van der Waals surface area contributed by atoms with E-state index in [-0.39, 0.29) is 30.0 Å². The summed E-state index contributed by atoms with van der Waals surface area (Å²) in [6.07, 6.45) is 3.81. The molecule has 216 valence electrons. The maximum atomic E-state index is 13.9. The minimum Gasteiger partial charge on any atom is -0.595 e. The number of carbonyl (C=O) groups is 1. The summed E-state index contributed by atoms with van der Waals surface area (Å²) in [7, 11) is 1.49. The number of anilines is 2. The van der Waals surface area contributed by atoms with Gasteiger partial charge in [0.2, 0.25) is 11.6 Å². The van der Waals surface area contributed by atoms with Crippen LogP contribution in [0, 0.1) is 5.21 Å². The monoisotopic (exact) mass is 557 g/mol. The lowest BCUT2D eigenvalue weighted by molar-refractivity contribution is -0.991. The molecule has 41 heavy (non-hydrogen) atoms. The Balaban J connectivity index is 1.58. The molecule has 0 saturated carbocycles. The summed E-state index contributed by atoms with van der Waals surface area (Å²) in [5, 5.41) is 23.6. The first-order valence-electron chi connectivity index (χ1n) is 14.0. The van der Waals surface area contributed by atoms with E-state index in [1.807, 2.05) is 35.3 Å². The van der Waals surface area contributed by atoms with E-state index in [0.717, 1.165) is 28.1 Å². The molecule has 2 aliphatic rings. The zero-order valence-corrected chi connectivity index (χ0v) is 24.7. The van der Waals surface area contributed by atoms with Crippen molar-refractivity contribution < 1.29 is 24.7 Å². The maximum absolute atomic E-state index is 13.9. The van der Waals surface area contributed by atoms with Crippen molar-refractivity contribution in [1.82, 2.24) is 0 Å². The van der Waals surface area contributed by atoms with E-state index in [9.17, 15) is 15.2 Å². The number of hydrogen-bond donors (Lipinski definition) is 3. The van der Waals surface area contributed by atoms with Crippen LogP contribution >= 0.6 is 0 Å². The standard InChI is InChI=1S/C33H39N3O5/c1-20(2)24-11-10-12-25(21(3)4)30(24)34-29(37)19-35-27-14-9-8-13-26(27)32(5,6)33(35)16-15-22-17-23(36(38)39)18-28(40-7)31(22)41-33/h8-18,20-21,36,38H,19H2,1-7H3,(H,34,37). The van der Waals surface area contributed by atoms with Gasteiger partial charge in [0.05, 0.1) is 12.5 Å². The molecule has 3 aromatic rings. The molecule has 8 heteroatoms. The highest BCUT2D eigenvalue weighted by Gasteiger charge is 2.59. The van der Waals surface area contributed by atoms with Crippen LogP contribution in [0.1, 0.15) is 75.6 Å².